The number of fused-ring (bicyclic) bond motifs is 1. The molecular formula is C19H22N2O5. The van der Waals surface area contributed by atoms with E-state index in [1.54, 1.807) is 18.2 Å². The molecule has 0 aliphatic heterocycles. The number of imide groups is 1. The minimum atomic E-state index is -0.538. The van der Waals surface area contributed by atoms with Gasteiger partial charge in [0.1, 0.15) is 11.3 Å². The molecule has 1 fully saturated rings. The lowest BCUT2D eigenvalue weighted by Gasteiger charge is -2.22. The zero-order valence-corrected chi connectivity index (χ0v) is 14.7. The number of carbonyl (C=O) groups is 2. The summed E-state index contributed by atoms with van der Waals surface area (Å²) in [7, 11) is 0. The predicted octanol–water partition coefficient (Wildman–Crippen LogP) is 2.64. The molecule has 138 valence electrons. The molecule has 0 atom stereocenters. The highest BCUT2D eigenvalue weighted by atomic mass is 16.5. The molecule has 2 N–H and O–H groups in total. The first-order chi connectivity index (χ1) is 12.5. The van der Waals surface area contributed by atoms with Crippen LogP contribution in [0.15, 0.2) is 33.5 Å². The van der Waals surface area contributed by atoms with Crippen LogP contribution in [-0.4, -0.2) is 24.6 Å². The second-order valence-electron chi connectivity index (χ2n) is 6.55. The normalized spacial score (nSPS) is 14.8. The van der Waals surface area contributed by atoms with Crippen LogP contribution in [0.25, 0.3) is 11.0 Å². The van der Waals surface area contributed by atoms with E-state index in [9.17, 15) is 14.4 Å². The second-order valence-corrected chi connectivity index (χ2v) is 6.55. The van der Waals surface area contributed by atoms with Gasteiger partial charge in [-0.1, -0.05) is 19.3 Å². The fourth-order valence-corrected chi connectivity index (χ4v) is 3.18. The monoisotopic (exact) mass is 358 g/mol. The molecule has 1 aromatic carbocycles. The predicted molar refractivity (Wildman–Crippen MR) is 96.3 cm³/mol. The zero-order valence-electron chi connectivity index (χ0n) is 14.7. The van der Waals surface area contributed by atoms with E-state index in [0.29, 0.717) is 11.3 Å². The Morgan fingerprint density at radius 1 is 1.19 bits per heavy atom. The summed E-state index contributed by atoms with van der Waals surface area (Å²) < 4.78 is 10.5. The minimum absolute atomic E-state index is 0.129. The maximum absolute atomic E-state index is 11.9. The van der Waals surface area contributed by atoms with Gasteiger partial charge in [-0.3, -0.25) is 10.1 Å². The number of carbonyl (C=O) groups excluding carboxylic acids is 2. The zero-order chi connectivity index (χ0) is 18.5. The van der Waals surface area contributed by atoms with Gasteiger partial charge in [0.2, 0.25) is 0 Å². The van der Waals surface area contributed by atoms with E-state index in [2.05, 4.69) is 10.6 Å². The average Bonchev–Trinajstić information content (AvgIpc) is 2.60. The summed E-state index contributed by atoms with van der Waals surface area (Å²) >= 11 is 0. The van der Waals surface area contributed by atoms with Crippen LogP contribution in [0, 0.1) is 6.92 Å². The summed E-state index contributed by atoms with van der Waals surface area (Å²) in [5.74, 6) is -0.154. The number of aryl methyl sites for hydroxylation is 1. The molecule has 26 heavy (non-hydrogen) atoms. The lowest BCUT2D eigenvalue weighted by molar-refractivity contribution is -0.122. The van der Waals surface area contributed by atoms with Gasteiger partial charge in [-0.05, 0) is 37.5 Å². The van der Waals surface area contributed by atoms with Crippen molar-refractivity contribution < 1.29 is 18.7 Å². The first-order valence-electron chi connectivity index (χ1n) is 8.79. The molecule has 7 nitrogen and oxygen atoms in total. The summed E-state index contributed by atoms with van der Waals surface area (Å²) in [6.07, 6.45) is 5.27. The molecule has 3 amide bonds. The summed E-state index contributed by atoms with van der Waals surface area (Å²) in [5.41, 5.74) is 0.757. The fraction of sp³-hybridized carbons (Fsp3) is 0.421. The molecule has 0 bridgehead atoms. The van der Waals surface area contributed by atoms with E-state index in [1.807, 2.05) is 6.92 Å². The standard InChI is InChI=1S/C19H22N2O5/c1-12-9-18(23)26-16-10-14(7-8-15(12)16)25-11-17(22)21-19(24)20-13-5-3-2-4-6-13/h7-10,13H,2-6,11H2,1H3,(H2,20,21,22,24). The number of ether oxygens (including phenoxy) is 1. The Labute approximate surface area is 150 Å². The Hall–Kier alpha value is -2.83. The SMILES string of the molecule is Cc1cc(=O)oc2cc(OCC(=O)NC(=O)NC3CCCCC3)ccc12. The quantitative estimate of drug-likeness (QED) is 0.819. The summed E-state index contributed by atoms with van der Waals surface area (Å²) in [4.78, 5) is 35.2. The summed E-state index contributed by atoms with van der Waals surface area (Å²) in [6.45, 7) is 1.51. The van der Waals surface area contributed by atoms with Gasteiger partial charge in [-0.15, -0.1) is 0 Å². The van der Waals surface area contributed by atoms with E-state index in [0.717, 1.165) is 36.6 Å². The molecule has 0 radical (unpaired) electrons. The Kier molecular flexibility index (Phi) is 5.55. The van der Waals surface area contributed by atoms with Crippen LogP contribution in [0.2, 0.25) is 0 Å². The highest BCUT2D eigenvalue weighted by Crippen LogP contribution is 2.22. The second kappa shape index (κ2) is 8.03. The van der Waals surface area contributed by atoms with Crippen LogP contribution in [0.4, 0.5) is 4.79 Å². The molecule has 0 saturated heterocycles. The van der Waals surface area contributed by atoms with Crippen LogP contribution < -0.4 is 21.0 Å². The average molecular weight is 358 g/mol. The molecule has 1 aliphatic carbocycles. The molecule has 1 saturated carbocycles. The third-order valence-electron chi connectivity index (χ3n) is 4.49. The van der Waals surface area contributed by atoms with Gasteiger partial charge < -0.3 is 14.5 Å². The van der Waals surface area contributed by atoms with Gasteiger partial charge in [0, 0.05) is 23.6 Å². The van der Waals surface area contributed by atoms with Gasteiger partial charge in [0.15, 0.2) is 6.61 Å². The van der Waals surface area contributed by atoms with Crippen molar-refractivity contribution in [2.45, 2.75) is 45.1 Å². The number of hydrogen-bond donors (Lipinski definition) is 2. The smallest absolute Gasteiger partial charge is 0.336 e. The van der Waals surface area contributed by atoms with Crippen molar-refractivity contribution in [2.24, 2.45) is 0 Å². The Morgan fingerprint density at radius 2 is 1.96 bits per heavy atom. The van der Waals surface area contributed by atoms with E-state index in [-0.39, 0.29) is 12.6 Å². The molecule has 7 heteroatoms. The Balaban J connectivity index is 1.53. The third kappa shape index (κ3) is 4.62. The molecule has 1 heterocycles. The van der Waals surface area contributed by atoms with E-state index < -0.39 is 17.6 Å². The highest BCUT2D eigenvalue weighted by molar-refractivity contribution is 5.95. The third-order valence-corrected chi connectivity index (χ3v) is 4.49. The van der Waals surface area contributed by atoms with Crippen LogP contribution in [0.5, 0.6) is 5.75 Å². The van der Waals surface area contributed by atoms with Crippen molar-refractivity contribution in [3.05, 3.63) is 40.2 Å². The van der Waals surface area contributed by atoms with Gasteiger partial charge in [0.05, 0.1) is 0 Å². The first-order valence-corrected chi connectivity index (χ1v) is 8.79. The van der Waals surface area contributed by atoms with Crippen molar-refractivity contribution in [1.29, 1.82) is 0 Å². The number of amides is 3. The number of benzene rings is 1. The van der Waals surface area contributed by atoms with E-state index in [4.69, 9.17) is 9.15 Å². The molecule has 2 aromatic rings. The van der Waals surface area contributed by atoms with Crippen molar-refractivity contribution in [3.63, 3.8) is 0 Å². The Morgan fingerprint density at radius 3 is 2.73 bits per heavy atom. The summed E-state index contributed by atoms with van der Waals surface area (Å²) in [6, 6.07) is 6.05. The van der Waals surface area contributed by atoms with Crippen LogP contribution >= 0.6 is 0 Å². The minimum Gasteiger partial charge on any atom is -0.484 e. The van der Waals surface area contributed by atoms with Crippen molar-refractivity contribution in [2.75, 3.05) is 6.61 Å². The van der Waals surface area contributed by atoms with Crippen molar-refractivity contribution in [3.8, 4) is 5.75 Å². The van der Waals surface area contributed by atoms with Crippen LogP contribution in [0.3, 0.4) is 0 Å². The maximum atomic E-state index is 11.9. The van der Waals surface area contributed by atoms with Crippen LogP contribution in [-0.2, 0) is 4.79 Å². The lowest BCUT2D eigenvalue weighted by atomic mass is 9.96. The highest BCUT2D eigenvalue weighted by Gasteiger charge is 2.17. The van der Waals surface area contributed by atoms with Gasteiger partial charge in [0.25, 0.3) is 5.91 Å². The van der Waals surface area contributed by atoms with E-state index in [1.165, 1.54) is 12.5 Å². The largest absolute Gasteiger partial charge is 0.484 e. The molecule has 1 aliphatic rings. The lowest BCUT2D eigenvalue weighted by Crippen LogP contribution is -2.46. The molecule has 3 rings (SSSR count). The Bertz CT molecular complexity index is 868. The van der Waals surface area contributed by atoms with Crippen LogP contribution in [0.1, 0.15) is 37.7 Å². The first kappa shape index (κ1) is 18.0. The van der Waals surface area contributed by atoms with Gasteiger partial charge in [-0.2, -0.15) is 0 Å². The number of urea groups is 1. The molecule has 1 aromatic heterocycles. The van der Waals surface area contributed by atoms with E-state index >= 15 is 0 Å². The van der Waals surface area contributed by atoms with Gasteiger partial charge >= 0.3 is 11.7 Å². The fourth-order valence-electron chi connectivity index (χ4n) is 3.18. The number of rotatable bonds is 4. The maximum Gasteiger partial charge on any atom is 0.336 e. The number of hydrogen-bond acceptors (Lipinski definition) is 5. The topological polar surface area (TPSA) is 97.6 Å². The number of nitrogens with one attached hydrogen (secondary N) is 2. The summed E-state index contributed by atoms with van der Waals surface area (Å²) in [5, 5.41) is 5.87. The molecular weight excluding hydrogens is 336 g/mol. The van der Waals surface area contributed by atoms with Crippen molar-refractivity contribution in [1.82, 2.24) is 10.6 Å². The molecule has 0 unspecified atom stereocenters. The van der Waals surface area contributed by atoms with Gasteiger partial charge in [-0.25, -0.2) is 9.59 Å². The van der Waals surface area contributed by atoms with Crippen molar-refractivity contribution >= 4 is 22.9 Å². The molecule has 0 spiro atoms.